The molecule has 0 aliphatic heterocycles. The van der Waals surface area contributed by atoms with Crippen molar-refractivity contribution in [1.29, 1.82) is 0 Å². The van der Waals surface area contributed by atoms with Crippen LogP contribution in [0.25, 0.3) is 0 Å². The van der Waals surface area contributed by atoms with Gasteiger partial charge in [-0.2, -0.15) is 0 Å². The summed E-state index contributed by atoms with van der Waals surface area (Å²) < 4.78 is 0. The minimum absolute atomic E-state index is 0. The van der Waals surface area contributed by atoms with Gasteiger partial charge in [0, 0.05) is 0 Å². The third kappa shape index (κ3) is 4.59. The van der Waals surface area contributed by atoms with Crippen LogP contribution in [0.2, 0.25) is 0 Å². The Labute approximate surface area is 115 Å². The number of benzene rings is 2. The molecule has 0 radical (unpaired) electrons. The second kappa shape index (κ2) is 7.76. The first-order valence-electron chi connectivity index (χ1n) is 5.53. The topological polar surface area (TPSA) is 0 Å². The molecule has 0 saturated heterocycles. The van der Waals surface area contributed by atoms with Gasteiger partial charge < -0.3 is 0 Å². The van der Waals surface area contributed by atoms with Crippen LogP contribution in [0.4, 0.5) is 0 Å². The predicted octanol–water partition coefficient (Wildman–Crippen LogP) is 4.05. The summed E-state index contributed by atoms with van der Waals surface area (Å²) in [5.41, 5.74) is 3.04. The van der Waals surface area contributed by atoms with E-state index in [0.29, 0.717) is 0 Å². The maximum atomic E-state index is 2.25. The van der Waals surface area contributed by atoms with Gasteiger partial charge in [-0.1, -0.05) is 0 Å². The Morgan fingerprint density at radius 2 is 1.00 bits per heavy atom. The molecule has 0 bridgehead atoms. The summed E-state index contributed by atoms with van der Waals surface area (Å²) >= 11 is -0.411. The van der Waals surface area contributed by atoms with Gasteiger partial charge >= 0.3 is 98.9 Å². The molecule has 2 aromatic carbocycles. The molecular weight excluding hydrogens is 313 g/mol. The first kappa shape index (κ1) is 13.6. The zero-order valence-electron chi connectivity index (χ0n) is 9.30. The second-order valence-electron chi connectivity index (χ2n) is 3.82. The third-order valence-electron chi connectivity index (χ3n) is 2.62. The van der Waals surface area contributed by atoms with Gasteiger partial charge in [0.15, 0.2) is 0 Å². The fourth-order valence-electron chi connectivity index (χ4n) is 1.79. The summed E-state index contributed by atoms with van der Waals surface area (Å²) in [6.07, 6.45) is 0. The van der Waals surface area contributed by atoms with Gasteiger partial charge in [0.05, 0.1) is 0 Å². The van der Waals surface area contributed by atoms with Crippen molar-refractivity contribution >= 4 is 17.0 Å². The molecule has 2 heteroatoms. The van der Waals surface area contributed by atoms with Crippen LogP contribution in [0.1, 0.15) is 11.1 Å². The zero-order chi connectivity index (χ0) is 10.3. The Kier molecular flexibility index (Phi) is 6.60. The first-order valence-corrected chi connectivity index (χ1v) is 9.72. The third-order valence-corrected chi connectivity index (χ3v) is 6.52. The van der Waals surface area contributed by atoms with E-state index < -0.39 is 17.1 Å². The van der Waals surface area contributed by atoms with Crippen LogP contribution in [-0.4, -0.2) is 0 Å². The van der Waals surface area contributed by atoms with Gasteiger partial charge in [-0.25, -0.2) is 0 Å². The number of halogens is 1. The maximum absolute atomic E-state index is 2.25. The van der Waals surface area contributed by atoms with Crippen molar-refractivity contribution in [1.82, 2.24) is 0 Å². The van der Waals surface area contributed by atoms with Crippen LogP contribution < -0.4 is 0 Å². The van der Waals surface area contributed by atoms with Crippen molar-refractivity contribution in [3.63, 3.8) is 0 Å². The molecule has 2 aromatic rings. The van der Waals surface area contributed by atoms with E-state index in [1.54, 1.807) is 0 Å². The first-order chi connectivity index (χ1) is 7.45. The van der Waals surface area contributed by atoms with E-state index in [4.69, 9.17) is 0 Å². The summed E-state index contributed by atoms with van der Waals surface area (Å²) in [7, 11) is 0. The molecule has 0 aromatic heterocycles. The van der Waals surface area contributed by atoms with Gasteiger partial charge in [-0.15, -0.1) is 17.0 Å². The minimum atomic E-state index is -0.411. The van der Waals surface area contributed by atoms with Gasteiger partial charge in [0.2, 0.25) is 0 Å². The molecule has 0 atom stereocenters. The van der Waals surface area contributed by atoms with Gasteiger partial charge in [-0.3, -0.25) is 0 Å². The van der Waals surface area contributed by atoms with E-state index in [-0.39, 0.29) is 17.0 Å². The van der Waals surface area contributed by atoms with E-state index in [1.165, 1.54) is 21.2 Å². The predicted molar refractivity (Wildman–Crippen MR) is 70.6 cm³/mol. The van der Waals surface area contributed by atoms with Crippen LogP contribution >= 0.6 is 17.0 Å². The van der Waals surface area contributed by atoms with Gasteiger partial charge in [-0.05, 0) is 0 Å². The van der Waals surface area contributed by atoms with E-state index in [2.05, 4.69) is 60.7 Å². The molecule has 0 heterocycles. The molecule has 0 aliphatic carbocycles. The normalized spacial score (nSPS) is 9.00. The SMILES string of the molecule is Br.c1ccc([CH2][Zn][CH2]c2ccccc2)cc1. The average molecular weight is 329 g/mol. The van der Waals surface area contributed by atoms with Gasteiger partial charge in [0.1, 0.15) is 0 Å². The van der Waals surface area contributed by atoms with E-state index >= 15 is 0 Å². The fourth-order valence-corrected chi connectivity index (χ4v) is 5.27. The van der Waals surface area contributed by atoms with Crippen molar-refractivity contribution < 1.29 is 17.1 Å². The zero-order valence-corrected chi connectivity index (χ0v) is 14.0. The number of rotatable bonds is 4. The molecule has 0 N–H and O–H groups in total. The number of hydrogen-bond donors (Lipinski definition) is 0. The standard InChI is InChI=1S/2C7H7.BrH.Zn/c2*1-7-5-3-2-4-6-7;;/h2*2-6H,1H2;1H;. The number of hydrogen-bond acceptors (Lipinski definition) is 0. The summed E-state index contributed by atoms with van der Waals surface area (Å²) in [5.74, 6) is 0. The summed E-state index contributed by atoms with van der Waals surface area (Å²) in [6.45, 7) is 0. The molecule has 2 rings (SSSR count). The Bertz CT molecular complexity index is 346. The van der Waals surface area contributed by atoms with Crippen molar-refractivity contribution in [3.05, 3.63) is 71.8 Å². The van der Waals surface area contributed by atoms with Crippen molar-refractivity contribution in [2.75, 3.05) is 0 Å². The van der Waals surface area contributed by atoms with E-state index in [1.807, 2.05) is 0 Å². The van der Waals surface area contributed by atoms with Crippen LogP contribution in [0.5, 0.6) is 0 Å². The quantitative estimate of drug-likeness (QED) is 0.743. The Morgan fingerprint density at radius 1 is 0.625 bits per heavy atom. The molecule has 0 saturated carbocycles. The Morgan fingerprint density at radius 3 is 1.38 bits per heavy atom. The summed E-state index contributed by atoms with van der Waals surface area (Å²) in [4.78, 5) is 0. The second-order valence-corrected chi connectivity index (χ2v) is 7.41. The van der Waals surface area contributed by atoms with Crippen LogP contribution in [0, 0.1) is 0 Å². The molecular formula is C14H15BrZn. The monoisotopic (exact) mass is 326 g/mol. The molecule has 80 valence electrons. The van der Waals surface area contributed by atoms with Crippen LogP contribution in [0.3, 0.4) is 0 Å². The molecule has 16 heavy (non-hydrogen) atoms. The fraction of sp³-hybridized carbons (Fsp3) is 0.143. The summed E-state index contributed by atoms with van der Waals surface area (Å²) in [5, 5.41) is 2.73. The van der Waals surface area contributed by atoms with Gasteiger partial charge in [0.25, 0.3) is 0 Å². The average Bonchev–Trinajstić information content (AvgIpc) is 2.32. The van der Waals surface area contributed by atoms with Crippen LogP contribution in [0.15, 0.2) is 60.7 Å². The summed E-state index contributed by atoms with van der Waals surface area (Å²) in [6, 6.07) is 21.7. The molecule has 0 nitrogen and oxygen atoms in total. The molecule has 0 amide bonds. The molecule has 0 aliphatic rings. The Balaban J connectivity index is 0.00000128. The van der Waals surface area contributed by atoms with E-state index in [0.717, 1.165) is 0 Å². The van der Waals surface area contributed by atoms with Crippen molar-refractivity contribution in [3.8, 4) is 0 Å². The Hall–Kier alpha value is -0.457. The van der Waals surface area contributed by atoms with E-state index in [9.17, 15) is 0 Å². The van der Waals surface area contributed by atoms with Crippen molar-refractivity contribution in [2.24, 2.45) is 0 Å². The molecule has 0 unspecified atom stereocenters. The molecule has 0 spiro atoms. The van der Waals surface area contributed by atoms with Crippen molar-refractivity contribution in [2.45, 2.75) is 10.0 Å². The van der Waals surface area contributed by atoms with Crippen LogP contribution in [-0.2, 0) is 27.2 Å². The molecule has 0 fully saturated rings.